The molecule has 16 heavy (non-hydrogen) atoms. The van der Waals surface area contributed by atoms with E-state index in [0.29, 0.717) is 12.0 Å². The van der Waals surface area contributed by atoms with E-state index in [1.165, 1.54) is 25.9 Å². The van der Waals surface area contributed by atoms with Crippen molar-refractivity contribution in [3.63, 3.8) is 0 Å². The summed E-state index contributed by atoms with van der Waals surface area (Å²) in [4.78, 5) is 6.86. The molecule has 1 aliphatic heterocycles. The normalized spacial score (nSPS) is 21.1. The molecule has 3 heteroatoms. The number of nitrogens with two attached hydrogens (primary N) is 1. The van der Waals surface area contributed by atoms with Crippen LogP contribution in [0.15, 0.2) is 16.9 Å². The lowest BCUT2D eigenvalue weighted by molar-refractivity contribution is 0.297. The van der Waals surface area contributed by atoms with E-state index in [4.69, 9.17) is 5.73 Å². The van der Waals surface area contributed by atoms with Crippen molar-refractivity contribution < 1.29 is 0 Å². The molecule has 0 amide bonds. The average molecular weight is 223 g/mol. The summed E-state index contributed by atoms with van der Waals surface area (Å²) in [6, 6.07) is 0.485. The third-order valence-corrected chi connectivity index (χ3v) is 3.18. The van der Waals surface area contributed by atoms with Gasteiger partial charge in [0, 0.05) is 24.2 Å². The van der Waals surface area contributed by atoms with Crippen molar-refractivity contribution in [3.05, 3.63) is 11.9 Å². The van der Waals surface area contributed by atoms with Gasteiger partial charge in [0.15, 0.2) is 0 Å². The standard InChI is InChI=1S/C13H25N3/c1-4-12(16-7-5-6-8-16)9-15-10-13(14)11(2)3/h9-12H,4-8,14H2,1-3H3/b13-10-,15-9-. The topological polar surface area (TPSA) is 41.6 Å². The highest BCUT2D eigenvalue weighted by Gasteiger charge is 2.18. The molecule has 0 radical (unpaired) electrons. The molecular formula is C13H25N3. The van der Waals surface area contributed by atoms with E-state index in [0.717, 1.165) is 12.1 Å². The Morgan fingerprint density at radius 2 is 2.00 bits per heavy atom. The van der Waals surface area contributed by atoms with Gasteiger partial charge in [0.25, 0.3) is 0 Å². The van der Waals surface area contributed by atoms with Gasteiger partial charge in [0.2, 0.25) is 0 Å². The van der Waals surface area contributed by atoms with Crippen molar-refractivity contribution in [1.82, 2.24) is 4.90 Å². The van der Waals surface area contributed by atoms with Gasteiger partial charge in [-0.05, 0) is 38.3 Å². The number of rotatable bonds is 5. The van der Waals surface area contributed by atoms with Gasteiger partial charge >= 0.3 is 0 Å². The van der Waals surface area contributed by atoms with Gasteiger partial charge in [-0.25, -0.2) is 0 Å². The molecule has 0 aliphatic carbocycles. The van der Waals surface area contributed by atoms with Crippen LogP contribution < -0.4 is 5.73 Å². The Bertz CT molecular complexity index is 250. The summed E-state index contributed by atoms with van der Waals surface area (Å²) in [7, 11) is 0. The molecule has 2 N–H and O–H groups in total. The summed E-state index contributed by atoms with van der Waals surface area (Å²) in [5.41, 5.74) is 6.69. The van der Waals surface area contributed by atoms with E-state index in [1.807, 2.05) is 6.21 Å². The van der Waals surface area contributed by atoms with Crippen molar-refractivity contribution in [2.45, 2.75) is 46.1 Å². The molecule has 1 fully saturated rings. The Hall–Kier alpha value is -0.830. The molecule has 0 bridgehead atoms. The largest absolute Gasteiger partial charge is 0.401 e. The first kappa shape index (κ1) is 13.2. The Balaban J connectivity index is 2.49. The average Bonchev–Trinajstić information content (AvgIpc) is 2.77. The molecule has 0 aromatic carbocycles. The van der Waals surface area contributed by atoms with Crippen molar-refractivity contribution in [2.75, 3.05) is 13.1 Å². The highest BCUT2D eigenvalue weighted by molar-refractivity contribution is 5.65. The summed E-state index contributed by atoms with van der Waals surface area (Å²) >= 11 is 0. The predicted octanol–water partition coefficient (Wildman–Crippen LogP) is 2.39. The first-order valence-corrected chi connectivity index (χ1v) is 6.38. The Labute approximate surface area is 99.4 Å². The summed E-state index contributed by atoms with van der Waals surface area (Å²) in [5, 5.41) is 0. The molecule has 0 spiro atoms. The van der Waals surface area contributed by atoms with Gasteiger partial charge in [-0.3, -0.25) is 9.89 Å². The first-order valence-electron chi connectivity index (χ1n) is 6.38. The van der Waals surface area contributed by atoms with Gasteiger partial charge in [-0.2, -0.15) is 0 Å². The minimum absolute atomic E-state index is 0.379. The Morgan fingerprint density at radius 3 is 2.50 bits per heavy atom. The van der Waals surface area contributed by atoms with Crippen LogP contribution in [0.25, 0.3) is 0 Å². The van der Waals surface area contributed by atoms with Gasteiger partial charge in [-0.15, -0.1) is 0 Å². The highest BCUT2D eigenvalue weighted by Crippen LogP contribution is 2.12. The van der Waals surface area contributed by atoms with E-state index in [-0.39, 0.29) is 0 Å². The second-order valence-corrected chi connectivity index (χ2v) is 4.80. The SMILES string of the molecule is CCC(/C=N\C=C(/N)C(C)C)N1CCCC1. The monoisotopic (exact) mass is 223 g/mol. The minimum atomic E-state index is 0.379. The lowest BCUT2D eigenvalue weighted by Crippen LogP contribution is -2.33. The fraction of sp³-hybridized carbons (Fsp3) is 0.769. The highest BCUT2D eigenvalue weighted by atomic mass is 15.2. The summed E-state index contributed by atoms with van der Waals surface area (Å²) < 4.78 is 0. The molecule has 1 aliphatic rings. The number of aliphatic imine (C=N–C) groups is 1. The van der Waals surface area contributed by atoms with E-state index in [2.05, 4.69) is 30.7 Å². The smallest absolute Gasteiger partial charge is 0.0454 e. The number of likely N-dealkylation sites (tertiary alicyclic amines) is 1. The molecule has 1 atom stereocenters. The number of nitrogens with zero attached hydrogens (tertiary/aromatic N) is 2. The second-order valence-electron chi connectivity index (χ2n) is 4.80. The van der Waals surface area contributed by atoms with Crippen LogP contribution in [0.4, 0.5) is 0 Å². The maximum absolute atomic E-state index is 5.83. The lowest BCUT2D eigenvalue weighted by atomic mass is 10.2. The van der Waals surface area contributed by atoms with Crippen LogP contribution >= 0.6 is 0 Å². The molecule has 0 aromatic rings. The van der Waals surface area contributed by atoms with E-state index < -0.39 is 0 Å². The maximum Gasteiger partial charge on any atom is 0.0454 e. The zero-order valence-electron chi connectivity index (χ0n) is 10.8. The Morgan fingerprint density at radius 1 is 1.38 bits per heavy atom. The first-order chi connectivity index (χ1) is 7.65. The number of hydrogen-bond donors (Lipinski definition) is 1. The van der Waals surface area contributed by atoms with E-state index in [1.54, 1.807) is 6.20 Å². The number of hydrogen-bond acceptors (Lipinski definition) is 3. The fourth-order valence-electron chi connectivity index (χ4n) is 1.91. The van der Waals surface area contributed by atoms with Crippen LogP contribution in [0.5, 0.6) is 0 Å². The molecule has 1 rings (SSSR count). The lowest BCUT2D eigenvalue weighted by Gasteiger charge is -2.22. The molecule has 1 saturated heterocycles. The predicted molar refractivity (Wildman–Crippen MR) is 70.5 cm³/mol. The molecule has 1 unspecified atom stereocenters. The third-order valence-electron chi connectivity index (χ3n) is 3.18. The molecule has 3 nitrogen and oxygen atoms in total. The van der Waals surface area contributed by atoms with Crippen LogP contribution in [-0.2, 0) is 0 Å². The summed E-state index contributed by atoms with van der Waals surface area (Å²) in [6.45, 7) is 8.81. The van der Waals surface area contributed by atoms with Gasteiger partial charge < -0.3 is 5.73 Å². The third kappa shape index (κ3) is 3.97. The molecule has 1 heterocycles. The molecular weight excluding hydrogens is 198 g/mol. The fourth-order valence-corrected chi connectivity index (χ4v) is 1.91. The summed E-state index contributed by atoms with van der Waals surface area (Å²) in [5.74, 6) is 0.379. The van der Waals surface area contributed by atoms with Crippen molar-refractivity contribution in [1.29, 1.82) is 0 Å². The molecule has 0 saturated carbocycles. The minimum Gasteiger partial charge on any atom is -0.401 e. The maximum atomic E-state index is 5.83. The molecule has 0 aromatic heterocycles. The van der Waals surface area contributed by atoms with Gasteiger partial charge in [0.1, 0.15) is 0 Å². The Kier molecular flexibility index (Phi) is 5.53. The van der Waals surface area contributed by atoms with Crippen molar-refractivity contribution in [3.8, 4) is 0 Å². The molecule has 92 valence electrons. The van der Waals surface area contributed by atoms with Crippen LogP contribution in [0, 0.1) is 5.92 Å². The summed E-state index contributed by atoms with van der Waals surface area (Å²) in [6.07, 6.45) is 7.62. The van der Waals surface area contributed by atoms with Crippen molar-refractivity contribution in [2.24, 2.45) is 16.6 Å². The van der Waals surface area contributed by atoms with Crippen molar-refractivity contribution >= 4 is 6.21 Å². The van der Waals surface area contributed by atoms with E-state index >= 15 is 0 Å². The zero-order chi connectivity index (χ0) is 12.0. The van der Waals surface area contributed by atoms with Crippen LogP contribution in [0.1, 0.15) is 40.0 Å². The van der Waals surface area contributed by atoms with E-state index in [9.17, 15) is 0 Å². The quantitative estimate of drug-likeness (QED) is 0.727. The van der Waals surface area contributed by atoms with Gasteiger partial charge in [0.05, 0.1) is 0 Å². The second kappa shape index (κ2) is 6.69. The van der Waals surface area contributed by atoms with Crippen LogP contribution in [-0.4, -0.2) is 30.2 Å². The van der Waals surface area contributed by atoms with Crippen LogP contribution in [0.3, 0.4) is 0 Å². The van der Waals surface area contributed by atoms with Gasteiger partial charge in [-0.1, -0.05) is 20.8 Å². The zero-order valence-corrected chi connectivity index (χ0v) is 10.8. The number of allylic oxidation sites excluding steroid dienone is 1. The van der Waals surface area contributed by atoms with Crippen LogP contribution in [0.2, 0.25) is 0 Å².